The van der Waals surface area contributed by atoms with Crippen molar-refractivity contribution in [2.45, 2.75) is 25.7 Å². The number of carbonyl (C=O) groups is 1. The highest BCUT2D eigenvalue weighted by Gasteiger charge is 2.41. The van der Waals surface area contributed by atoms with Gasteiger partial charge >= 0.3 is 0 Å². The number of nitrogens with one attached hydrogen (secondary N) is 1. The number of thiocarbonyl (C=S) groups is 1. The maximum atomic E-state index is 12.2. The molecular weight excluding hydrogens is 268 g/mol. The molecule has 0 saturated heterocycles. The van der Waals surface area contributed by atoms with Crippen molar-refractivity contribution < 1.29 is 4.79 Å². The van der Waals surface area contributed by atoms with Gasteiger partial charge < -0.3 is 11.1 Å². The van der Waals surface area contributed by atoms with E-state index in [9.17, 15) is 4.79 Å². The van der Waals surface area contributed by atoms with E-state index in [1.165, 1.54) is 25.7 Å². The molecule has 2 fully saturated rings. The smallest absolute Gasteiger partial charge is 0.251 e. The van der Waals surface area contributed by atoms with Crippen molar-refractivity contribution in [2.24, 2.45) is 23.5 Å². The number of benzene rings is 1. The summed E-state index contributed by atoms with van der Waals surface area (Å²) >= 11 is 4.95. The molecule has 0 bridgehead atoms. The minimum absolute atomic E-state index is 0.0191. The number of nitrogens with two attached hydrogens (primary N) is 1. The number of hydrogen-bond donors (Lipinski definition) is 2. The Kier molecular flexibility index (Phi) is 3.74. The molecule has 0 atom stereocenters. The third-order valence-corrected chi connectivity index (χ3v) is 4.60. The standard InChI is InChI=1S/C16H20N2OS/c17-15(20)12-2-1-3-13(8-12)16(19)18-9-14(10-4-5-10)11-6-7-11/h1-3,8,10-11,14H,4-7,9H2,(H2,17,20)(H,18,19). The molecule has 0 radical (unpaired) electrons. The van der Waals surface area contributed by atoms with Crippen LogP contribution in [0.3, 0.4) is 0 Å². The van der Waals surface area contributed by atoms with Gasteiger partial charge in [0.2, 0.25) is 0 Å². The van der Waals surface area contributed by atoms with Crippen LogP contribution in [0.15, 0.2) is 24.3 Å². The van der Waals surface area contributed by atoms with Crippen LogP contribution in [0.2, 0.25) is 0 Å². The first-order chi connectivity index (χ1) is 9.65. The van der Waals surface area contributed by atoms with Crippen LogP contribution in [0.5, 0.6) is 0 Å². The van der Waals surface area contributed by atoms with Crippen LogP contribution in [-0.2, 0) is 0 Å². The van der Waals surface area contributed by atoms with Crippen LogP contribution in [0, 0.1) is 17.8 Å². The number of rotatable bonds is 6. The summed E-state index contributed by atoms with van der Waals surface area (Å²) in [5, 5.41) is 3.08. The topological polar surface area (TPSA) is 55.1 Å². The Balaban J connectivity index is 1.60. The van der Waals surface area contributed by atoms with E-state index in [-0.39, 0.29) is 5.91 Å². The lowest BCUT2D eigenvalue weighted by Crippen LogP contribution is -2.31. The molecule has 1 amide bonds. The Labute approximate surface area is 124 Å². The number of hydrogen-bond acceptors (Lipinski definition) is 2. The second-order valence-corrected chi connectivity index (χ2v) is 6.43. The predicted molar refractivity (Wildman–Crippen MR) is 83.6 cm³/mol. The normalized spacial score (nSPS) is 18.1. The third kappa shape index (κ3) is 3.18. The summed E-state index contributed by atoms with van der Waals surface area (Å²) in [6.07, 6.45) is 5.36. The maximum absolute atomic E-state index is 12.2. The van der Waals surface area contributed by atoms with Gasteiger partial charge in [0.05, 0.1) is 0 Å². The zero-order valence-corrected chi connectivity index (χ0v) is 12.3. The Morgan fingerprint density at radius 1 is 1.25 bits per heavy atom. The van der Waals surface area contributed by atoms with Crippen LogP contribution in [0.1, 0.15) is 41.6 Å². The predicted octanol–water partition coefficient (Wildman–Crippen LogP) is 2.49. The van der Waals surface area contributed by atoms with E-state index < -0.39 is 0 Å². The molecule has 20 heavy (non-hydrogen) atoms. The van der Waals surface area contributed by atoms with Gasteiger partial charge in [-0.1, -0.05) is 24.4 Å². The van der Waals surface area contributed by atoms with Crippen LogP contribution >= 0.6 is 12.2 Å². The molecule has 3 nitrogen and oxygen atoms in total. The fourth-order valence-corrected chi connectivity index (χ4v) is 3.02. The van der Waals surface area contributed by atoms with E-state index in [0.717, 1.165) is 23.9 Å². The molecule has 0 heterocycles. The largest absolute Gasteiger partial charge is 0.389 e. The Bertz CT molecular complexity index is 523. The Morgan fingerprint density at radius 2 is 1.85 bits per heavy atom. The SMILES string of the molecule is NC(=S)c1cccc(C(=O)NCC(C2CC2)C2CC2)c1. The van der Waals surface area contributed by atoms with E-state index in [1.807, 2.05) is 12.1 Å². The van der Waals surface area contributed by atoms with Crippen molar-refractivity contribution in [2.75, 3.05) is 6.54 Å². The quantitative estimate of drug-likeness (QED) is 0.791. The average molecular weight is 288 g/mol. The van der Waals surface area contributed by atoms with Gasteiger partial charge in [0.25, 0.3) is 5.91 Å². The molecule has 2 aliphatic carbocycles. The summed E-state index contributed by atoms with van der Waals surface area (Å²) in [6, 6.07) is 7.22. The molecule has 2 aliphatic rings. The first-order valence-electron chi connectivity index (χ1n) is 7.33. The van der Waals surface area contributed by atoms with Gasteiger partial charge in [-0.05, 0) is 55.6 Å². The minimum Gasteiger partial charge on any atom is -0.389 e. The van der Waals surface area contributed by atoms with Gasteiger partial charge in [-0.2, -0.15) is 0 Å². The van der Waals surface area contributed by atoms with Gasteiger partial charge in [-0.3, -0.25) is 4.79 Å². The summed E-state index contributed by atoms with van der Waals surface area (Å²) in [5.41, 5.74) is 6.98. The van der Waals surface area contributed by atoms with E-state index in [0.29, 0.717) is 16.5 Å². The van der Waals surface area contributed by atoms with E-state index in [4.69, 9.17) is 18.0 Å². The molecule has 0 aromatic heterocycles. The number of amides is 1. The number of carbonyl (C=O) groups excluding carboxylic acids is 1. The maximum Gasteiger partial charge on any atom is 0.251 e. The van der Waals surface area contributed by atoms with Gasteiger partial charge in [0, 0.05) is 17.7 Å². The van der Waals surface area contributed by atoms with Crippen molar-refractivity contribution in [3.05, 3.63) is 35.4 Å². The second-order valence-electron chi connectivity index (χ2n) is 5.99. The summed E-state index contributed by atoms with van der Waals surface area (Å²) < 4.78 is 0. The molecule has 0 spiro atoms. The van der Waals surface area contributed by atoms with Crippen LogP contribution in [0.25, 0.3) is 0 Å². The highest BCUT2D eigenvalue weighted by atomic mass is 32.1. The average Bonchev–Trinajstić information content (AvgIpc) is 3.32. The van der Waals surface area contributed by atoms with Gasteiger partial charge in [0.15, 0.2) is 0 Å². The summed E-state index contributed by atoms with van der Waals surface area (Å²) in [4.78, 5) is 12.5. The molecule has 0 unspecified atom stereocenters. The lowest BCUT2D eigenvalue weighted by molar-refractivity contribution is 0.0943. The molecule has 1 aromatic carbocycles. The molecule has 2 saturated carbocycles. The molecular formula is C16H20N2OS. The first-order valence-corrected chi connectivity index (χ1v) is 7.74. The Morgan fingerprint density at radius 3 is 2.40 bits per heavy atom. The Hall–Kier alpha value is -1.42. The second kappa shape index (κ2) is 5.52. The monoisotopic (exact) mass is 288 g/mol. The zero-order valence-electron chi connectivity index (χ0n) is 11.5. The van der Waals surface area contributed by atoms with Gasteiger partial charge in [-0.15, -0.1) is 0 Å². The fraction of sp³-hybridized carbons (Fsp3) is 0.500. The molecule has 3 rings (SSSR count). The minimum atomic E-state index is -0.0191. The van der Waals surface area contributed by atoms with Crippen LogP contribution < -0.4 is 11.1 Å². The van der Waals surface area contributed by atoms with E-state index in [2.05, 4.69) is 5.32 Å². The molecule has 4 heteroatoms. The first kappa shape index (κ1) is 13.6. The fourth-order valence-electron chi connectivity index (χ4n) is 2.89. The van der Waals surface area contributed by atoms with Crippen molar-refractivity contribution in [1.29, 1.82) is 0 Å². The molecule has 3 N–H and O–H groups in total. The lowest BCUT2D eigenvalue weighted by Gasteiger charge is -2.16. The summed E-state index contributed by atoms with van der Waals surface area (Å²) in [5.74, 6) is 2.38. The third-order valence-electron chi connectivity index (χ3n) is 4.36. The van der Waals surface area contributed by atoms with Crippen molar-refractivity contribution >= 4 is 23.1 Å². The van der Waals surface area contributed by atoms with Crippen LogP contribution in [0.4, 0.5) is 0 Å². The van der Waals surface area contributed by atoms with Crippen molar-refractivity contribution in [3.8, 4) is 0 Å². The van der Waals surface area contributed by atoms with E-state index in [1.54, 1.807) is 12.1 Å². The van der Waals surface area contributed by atoms with Crippen molar-refractivity contribution in [3.63, 3.8) is 0 Å². The highest BCUT2D eigenvalue weighted by molar-refractivity contribution is 7.80. The lowest BCUT2D eigenvalue weighted by atomic mass is 9.98. The summed E-state index contributed by atoms with van der Waals surface area (Å²) in [6.45, 7) is 0.811. The molecule has 0 aliphatic heterocycles. The molecule has 106 valence electrons. The van der Waals surface area contributed by atoms with E-state index >= 15 is 0 Å². The molecule has 1 aromatic rings. The summed E-state index contributed by atoms with van der Waals surface area (Å²) in [7, 11) is 0. The van der Waals surface area contributed by atoms with Crippen molar-refractivity contribution in [1.82, 2.24) is 5.32 Å². The highest BCUT2D eigenvalue weighted by Crippen LogP contribution is 2.48. The van der Waals surface area contributed by atoms with Crippen LogP contribution in [-0.4, -0.2) is 17.4 Å². The zero-order chi connectivity index (χ0) is 14.1. The van der Waals surface area contributed by atoms with Gasteiger partial charge in [0.1, 0.15) is 4.99 Å². The van der Waals surface area contributed by atoms with Gasteiger partial charge in [-0.25, -0.2) is 0 Å².